The largest absolute Gasteiger partial charge is 0.456 e. The first-order valence-corrected chi connectivity index (χ1v) is 4.77. The van der Waals surface area contributed by atoms with Gasteiger partial charge in [0.15, 0.2) is 0 Å². The number of nitrogens with one attached hydrogen (secondary N) is 1. The van der Waals surface area contributed by atoms with Crippen molar-refractivity contribution in [3.63, 3.8) is 0 Å². The Morgan fingerprint density at radius 1 is 1.40 bits per heavy atom. The molecule has 78 valence electrons. The van der Waals surface area contributed by atoms with Gasteiger partial charge in [0.1, 0.15) is 0 Å². The lowest BCUT2D eigenvalue weighted by Crippen LogP contribution is -2.02. The number of ether oxygens (including phenoxy) is 1. The lowest BCUT2D eigenvalue weighted by atomic mass is 10.3. The standard InChI is InChI=1S/C12H13NO2/c1-2-15-12(14)9-6-10-13-11-7-4-3-5-8-11/h3-5,7-8,13H,2,10H2,1H3. The quantitative estimate of drug-likeness (QED) is 0.461. The van der Waals surface area contributed by atoms with E-state index in [1.807, 2.05) is 30.3 Å². The molecule has 15 heavy (non-hydrogen) atoms. The fraction of sp³-hybridized carbons (Fsp3) is 0.250. The Hall–Kier alpha value is -1.95. The Morgan fingerprint density at radius 3 is 2.80 bits per heavy atom. The van der Waals surface area contributed by atoms with Gasteiger partial charge in [0, 0.05) is 11.6 Å². The Labute approximate surface area is 89.4 Å². The van der Waals surface area contributed by atoms with Crippen LogP contribution in [0.25, 0.3) is 0 Å². The third-order valence-corrected chi connectivity index (χ3v) is 1.62. The van der Waals surface area contributed by atoms with Gasteiger partial charge in [-0.25, -0.2) is 4.79 Å². The van der Waals surface area contributed by atoms with Gasteiger partial charge < -0.3 is 10.1 Å². The van der Waals surface area contributed by atoms with E-state index in [0.717, 1.165) is 5.69 Å². The molecule has 0 amide bonds. The SMILES string of the molecule is CCOC(=O)C#CCNc1ccccc1. The highest BCUT2D eigenvalue weighted by molar-refractivity contribution is 5.88. The summed E-state index contributed by atoms with van der Waals surface area (Å²) >= 11 is 0. The minimum absolute atomic E-state index is 0.361. The van der Waals surface area contributed by atoms with Crippen LogP contribution < -0.4 is 5.32 Å². The van der Waals surface area contributed by atoms with E-state index in [2.05, 4.69) is 21.9 Å². The highest BCUT2D eigenvalue weighted by atomic mass is 16.5. The number of rotatable bonds is 3. The minimum Gasteiger partial charge on any atom is -0.456 e. The molecular formula is C12H13NO2. The third-order valence-electron chi connectivity index (χ3n) is 1.62. The molecule has 1 N–H and O–H groups in total. The number of carbonyl (C=O) groups excluding carboxylic acids is 1. The maximum absolute atomic E-state index is 10.8. The Morgan fingerprint density at radius 2 is 2.13 bits per heavy atom. The number of carbonyl (C=O) groups is 1. The van der Waals surface area contributed by atoms with Crippen LogP contribution in [0.4, 0.5) is 5.69 Å². The van der Waals surface area contributed by atoms with E-state index in [9.17, 15) is 4.79 Å². The van der Waals surface area contributed by atoms with Crippen LogP contribution in [0.1, 0.15) is 6.92 Å². The molecule has 0 radical (unpaired) electrons. The Kier molecular flexibility index (Phi) is 4.82. The molecule has 0 aliphatic rings. The molecule has 0 aromatic heterocycles. The van der Waals surface area contributed by atoms with Crippen molar-refractivity contribution in [2.75, 3.05) is 18.5 Å². The van der Waals surface area contributed by atoms with Crippen LogP contribution >= 0.6 is 0 Å². The van der Waals surface area contributed by atoms with Crippen LogP contribution in [-0.2, 0) is 9.53 Å². The van der Waals surface area contributed by atoms with Gasteiger partial charge in [0.25, 0.3) is 0 Å². The number of anilines is 1. The van der Waals surface area contributed by atoms with E-state index in [1.165, 1.54) is 0 Å². The molecule has 1 aromatic carbocycles. The van der Waals surface area contributed by atoms with Gasteiger partial charge in [-0.15, -0.1) is 0 Å². The summed E-state index contributed by atoms with van der Waals surface area (Å²) in [6.07, 6.45) is 0. The fourth-order valence-electron chi connectivity index (χ4n) is 0.986. The number of esters is 1. The van der Waals surface area contributed by atoms with E-state index in [1.54, 1.807) is 6.92 Å². The first-order chi connectivity index (χ1) is 7.33. The second-order valence-corrected chi connectivity index (χ2v) is 2.74. The van der Waals surface area contributed by atoms with Crippen molar-refractivity contribution in [3.8, 4) is 11.8 Å². The van der Waals surface area contributed by atoms with Gasteiger partial charge in [-0.2, -0.15) is 0 Å². The molecule has 3 nitrogen and oxygen atoms in total. The smallest absolute Gasteiger partial charge is 0.384 e. The minimum atomic E-state index is -0.479. The maximum atomic E-state index is 10.8. The van der Waals surface area contributed by atoms with Crippen LogP contribution in [0.5, 0.6) is 0 Å². The number of benzene rings is 1. The Balaban J connectivity index is 2.30. The molecule has 3 heteroatoms. The van der Waals surface area contributed by atoms with Gasteiger partial charge in [0.05, 0.1) is 13.2 Å². The average Bonchev–Trinajstić information content (AvgIpc) is 2.26. The van der Waals surface area contributed by atoms with E-state index < -0.39 is 5.97 Å². The van der Waals surface area contributed by atoms with Crippen LogP contribution in [0.2, 0.25) is 0 Å². The number of hydrogen-bond donors (Lipinski definition) is 1. The molecule has 0 unspecified atom stereocenters. The monoisotopic (exact) mass is 203 g/mol. The van der Waals surface area contributed by atoms with Gasteiger partial charge in [0.2, 0.25) is 0 Å². The summed E-state index contributed by atoms with van der Waals surface area (Å²) in [5.41, 5.74) is 0.982. The molecular weight excluding hydrogens is 190 g/mol. The van der Waals surface area contributed by atoms with Crippen molar-refractivity contribution in [1.82, 2.24) is 0 Å². The van der Waals surface area contributed by atoms with Crippen LogP contribution in [-0.4, -0.2) is 19.1 Å². The van der Waals surface area contributed by atoms with Crippen molar-refractivity contribution >= 4 is 11.7 Å². The summed E-state index contributed by atoms with van der Waals surface area (Å²) in [6, 6.07) is 9.68. The van der Waals surface area contributed by atoms with Gasteiger partial charge >= 0.3 is 5.97 Å². The second kappa shape index (κ2) is 6.50. The number of hydrogen-bond acceptors (Lipinski definition) is 3. The maximum Gasteiger partial charge on any atom is 0.384 e. The van der Waals surface area contributed by atoms with E-state index in [4.69, 9.17) is 0 Å². The topological polar surface area (TPSA) is 38.3 Å². The zero-order valence-electron chi connectivity index (χ0n) is 8.62. The summed E-state index contributed by atoms with van der Waals surface area (Å²) in [5, 5.41) is 3.06. The molecule has 0 aliphatic carbocycles. The first kappa shape index (κ1) is 11.1. The van der Waals surface area contributed by atoms with Crippen molar-refractivity contribution in [1.29, 1.82) is 0 Å². The molecule has 0 aliphatic heterocycles. The molecule has 0 bridgehead atoms. The van der Waals surface area contributed by atoms with Crippen LogP contribution in [0.3, 0.4) is 0 Å². The van der Waals surface area contributed by atoms with Crippen molar-refractivity contribution in [3.05, 3.63) is 30.3 Å². The zero-order chi connectivity index (χ0) is 10.9. The first-order valence-electron chi connectivity index (χ1n) is 4.77. The molecule has 0 saturated heterocycles. The second-order valence-electron chi connectivity index (χ2n) is 2.74. The van der Waals surface area contributed by atoms with Crippen molar-refractivity contribution in [2.24, 2.45) is 0 Å². The highest BCUT2D eigenvalue weighted by Crippen LogP contribution is 2.03. The lowest BCUT2D eigenvalue weighted by Gasteiger charge is -1.99. The summed E-state index contributed by atoms with van der Waals surface area (Å²) in [4.78, 5) is 10.8. The van der Waals surface area contributed by atoms with Crippen molar-refractivity contribution in [2.45, 2.75) is 6.92 Å². The molecule has 0 atom stereocenters. The van der Waals surface area contributed by atoms with E-state index >= 15 is 0 Å². The normalized spacial score (nSPS) is 8.60. The van der Waals surface area contributed by atoms with E-state index in [-0.39, 0.29) is 0 Å². The highest BCUT2D eigenvalue weighted by Gasteiger charge is 1.91. The molecule has 1 aromatic rings. The molecule has 1 rings (SSSR count). The van der Waals surface area contributed by atoms with Gasteiger partial charge in [-0.3, -0.25) is 0 Å². The predicted octanol–water partition coefficient (Wildman–Crippen LogP) is 1.66. The zero-order valence-corrected chi connectivity index (χ0v) is 8.62. The summed E-state index contributed by atoms with van der Waals surface area (Å²) < 4.78 is 4.65. The fourth-order valence-corrected chi connectivity index (χ4v) is 0.986. The molecule has 0 spiro atoms. The lowest BCUT2D eigenvalue weighted by molar-refractivity contribution is -0.136. The number of para-hydroxylation sites is 1. The van der Waals surface area contributed by atoms with Crippen LogP contribution in [0, 0.1) is 11.8 Å². The van der Waals surface area contributed by atoms with Crippen molar-refractivity contribution < 1.29 is 9.53 Å². The third kappa shape index (κ3) is 4.72. The summed E-state index contributed by atoms with van der Waals surface area (Å²) in [6.45, 7) is 2.55. The van der Waals surface area contributed by atoms with Gasteiger partial charge in [-0.05, 0) is 19.1 Å². The summed E-state index contributed by atoms with van der Waals surface area (Å²) in [7, 11) is 0. The van der Waals surface area contributed by atoms with Crippen LogP contribution in [0.15, 0.2) is 30.3 Å². The average molecular weight is 203 g/mol. The Bertz CT molecular complexity index is 362. The molecule has 0 saturated carbocycles. The molecule has 0 fully saturated rings. The van der Waals surface area contributed by atoms with Gasteiger partial charge in [-0.1, -0.05) is 24.1 Å². The van der Waals surface area contributed by atoms with E-state index in [0.29, 0.717) is 13.2 Å². The summed E-state index contributed by atoms with van der Waals surface area (Å²) in [5.74, 6) is 4.58. The molecule has 0 heterocycles. The predicted molar refractivity (Wildman–Crippen MR) is 59.3 cm³/mol.